The Kier molecular flexibility index (Phi) is 3.85. The van der Waals surface area contributed by atoms with Gasteiger partial charge in [0.25, 0.3) is 0 Å². The number of halogens is 1. The van der Waals surface area contributed by atoms with Crippen LogP contribution in [-0.4, -0.2) is 21.9 Å². The molecule has 0 radical (unpaired) electrons. The summed E-state index contributed by atoms with van der Waals surface area (Å²) in [7, 11) is 0. The van der Waals surface area contributed by atoms with E-state index in [-0.39, 0.29) is 5.54 Å². The lowest BCUT2D eigenvalue weighted by Crippen LogP contribution is -2.42. The van der Waals surface area contributed by atoms with E-state index in [1.54, 1.807) is 6.20 Å². The van der Waals surface area contributed by atoms with Crippen LogP contribution in [0.3, 0.4) is 0 Å². The largest absolute Gasteiger partial charge is 0.299 e. The van der Waals surface area contributed by atoms with Crippen molar-refractivity contribution >= 4 is 15.9 Å². The van der Waals surface area contributed by atoms with Crippen LogP contribution in [0.1, 0.15) is 38.6 Å². The summed E-state index contributed by atoms with van der Waals surface area (Å²) in [5, 5.41) is 17.1. The Balaban J connectivity index is 2.05. The van der Waals surface area contributed by atoms with Gasteiger partial charge in [0.15, 0.2) is 0 Å². The number of hydrogen-bond donors (Lipinski definition) is 1. The van der Waals surface area contributed by atoms with E-state index in [1.807, 2.05) is 10.9 Å². The average Bonchev–Trinajstić information content (AvgIpc) is 2.93. The van der Waals surface area contributed by atoms with E-state index in [0.717, 1.165) is 36.7 Å². The highest BCUT2D eigenvalue weighted by Gasteiger charge is 2.39. The maximum Gasteiger partial charge on any atom is 0.108 e. The van der Waals surface area contributed by atoms with Gasteiger partial charge >= 0.3 is 0 Å². The van der Waals surface area contributed by atoms with Crippen LogP contribution in [0, 0.1) is 11.3 Å². The molecule has 1 aromatic heterocycles. The van der Waals surface area contributed by atoms with Crippen molar-refractivity contribution in [2.45, 2.75) is 44.2 Å². The maximum atomic E-state index is 9.36. The van der Waals surface area contributed by atoms with Crippen LogP contribution >= 0.6 is 15.9 Å². The first-order chi connectivity index (χ1) is 8.19. The van der Waals surface area contributed by atoms with Gasteiger partial charge in [-0.05, 0) is 41.7 Å². The predicted molar refractivity (Wildman–Crippen MR) is 69.5 cm³/mol. The standard InChI is InChI=1S/C12H17BrN4/c1-2-5-15-12(9-14)4-3-11(6-12)17-8-10(13)7-16-17/h7-8,11,15H,2-6H2,1H3. The van der Waals surface area contributed by atoms with E-state index >= 15 is 0 Å². The molecular formula is C12H17BrN4. The summed E-state index contributed by atoms with van der Waals surface area (Å²) in [5.41, 5.74) is -0.348. The molecule has 2 unspecified atom stereocenters. The van der Waals surface area contributed by atoms with Crippen LogP contribution in [0.25, 0.3) is 0 Å². The molecule has 4 nitrogen and oxygen atoms in total. The summed E-state index contributed by atoms with van der Waals surface area (Å²) in [6.07, 6.45) is 7.60. The van der Waals surface area contributed by atoms with Crippen LogP contribution in [0.2, 0.25) is 0 Å². The fraction of sp³-hybridized carbons (Fsp3) is 0.667. The summed E-state index contributed by atoms with van der Waals surface area (Å²) in [6.45, 7) is 3.03. The van der Waals surface area contributed by atoms with Gasteiger partial charge < -0.3 is 0 Å². The summed E-state index contributed by atoms with van der Waals surface area (Å²) in [6, 6.07) is 2.79. The van der Waals surface area contributed by atoms with Gasteiger partial charge in [-0.15, -0.1) is 0 Å². The highest BCUT2D eigenvalue weighted by atomic mass is 79.9. The summed E-state index contributed by atoms with van der Waals surface area (Å²) >= 11 is 3.40. The maximum absolute atomic E-state index is 9.36. The molecule has 1 saturated carbocycles. The normalized spacial score (nSPS) is 28.2. The van der Waals surface area contributed by atoms with Gasteiger partial charge in [-0.3, -0.25) is 10.00 Å². The fourth-order valence-corrected chi connectivity index (χ4v) is 2.73. The predicted octanol–water partition coefficient (Wildman–Crippen LogP) is 2.63. The van der Waals surface area contributed by atoms with Gasteiger partial charge in [-0.2, -0.15) is 10.4 Å². The Morgan fingerprint density at radius 2 is 2.59 bits per heavy atom. The van der Waals surface area contributed by atoms with Gasteiger partial charge in [0.2, 0.25) is 0 Å². The first kappa shape index (κ1) is 12.6. The molecule has 1 fully saturated rings. The molecule has 0 spiro atoms. The second-order valence-electron chi connectivity index (χ2n) is 4.66. The third kappa shape index (κ3) is 2.70. The van der Waals surface area contributed by atoms with Crippen LogP contribution in [-0.2, 0) is 0 Å². The van der Waals surface area contributed by atoms with Crippen molar-refractivity contribution in [2.75, 3.05) is 6.54 Å². The second kappa shape index (κ2) is 5.19. The van der Waals surface area contributed by atoms with Crippen molar-refractivity contribution in [1.82, 2.24) is 15.1 Å². The lowest BCUT2D eigenvalue weighted by molar-refractivity contribution is 0.388. The van der Waals surface area contributed by atoms with Crippen molar-refractivity contribution in [2.24, 2.45) is 0 Å². The number of aromatic nitrogens is 2. The number of nitrogens with zero attached hydrogens (tertiary/aromatic N) is 3. The monoisotopic (exact) mass is 296 g/mol. The zero-order chi connectivity index (χ0) is 12.3. The molecule has 0 saturated heterocycles. The lowest BCUT2D eigenvalue weighted by atomic mass is 9.99. The lowest BCUT2D eigenvalue weighted by Gasteiger charge is -2.22. The Bertz CT molecular complexity index is 422. The van der Waals surface area contributed by atoms with Crippen LogP contribution in [0.4, 0.5) is 0 Å². The summed E-state index contributed by atoms with van der Waals surface area (Å²) < 4.78 is 2.96. The molecule has 0 aromatic carbocycles. The highest BCUT2D eigenvalue weighted by Crippen LogP contribution is 2.37. The van der Waals surface area contributed by atoms with Gasteiger partial charge in [-0.1, -0.05) is 6.92 Å². The molecule has 1 heterocycles. The fourth-order valence-electron chi connectivity index (χ4n) is 2.43. The van der Waals surface area contributed by atoms with Crippen LogP contribution < -0.4 is 5.32 Å². The quantitative estimate of drug-likeness (QED) is 0.929. The zero-order valence-corrected chi connectivity index (χ0v) is 11.6. The molecule has 2 atom stereocenters. The Morgan fingerprint density at radius 1 is 1.76 bits per heavy atom. The number of hydrogen-bond acceptors (Lipinski definition) is 3. The molecule has 5 heteroatoms. The van der Waals surface area contributed by atoms with E-state index in [0.29, 0.717) is 6.04 Å². The minimum Gasteiger partial charge on any atom is -0.299 e. The van der Waals surface area contributed by atoms with Crippen molar-refractivity contribution in [1.29, 1.82) is 5.26 Å². The van der Waals surface area contributed by atoms with Crippen molar-refractivity contribution in [3.8, 4) is 6.07 Å². The van der Waals surface area contributed by atoms with Gasteiger partial charge in [-0.25, -0.2) is 0 Å². The number of nitriles is 1. The molecule has 0 amide bonds. The van der Waals surface area contributed by atoms with E-state index in [4.69, 9.17) is 0 Å². The Labute approximate surface area is 110 Å². The first-order valence-electron chi connectivity index (χ1n) is 6.05. The number of rotatable bonds is 4. The van der Waals surface area contributed by atoms with Crippen LogP contribution in [0.5, 0.6) is 0 Å². The third-order valence-electron chi connectivity index (χ3n) is 3.36. The first-order valence-corrected chi connectivity index (χ1v) is 6.84. The minimum absolute atomic E-state index is 0.338. The van der Waals surface area contributed by atoms with Gasteiger partial charge in [0.1, 0.15) is 5.54 Å². The Hall–Kier alpha value is -0.860. The van der Waals surface area contributed by atoms with Gasteiger partial charge in [0, 0.05) is 12.6 Å². The molecular weight excluding hydrogens is 280 g/mol. The van der Waals surface area contributed by atoms with Crippen molar-refractivity contribution in [3.05, 3.63) is 16.9 Å². The van der Waals surface area contributed by atoms with Crippen molar-refractivity contribution < 1.29 is 0 Å². The molecule has 0 bridgehead atoms. The summed E-state index contributed by atoms with van der Waals surface area (Å²) in [5.74, 6) is 0. The molecule has 1 N–H and O–H groups in total. The smallest absolute Gasteiger partial charge is 0.108 e. The van der Waals surface area contributed by atoms with Gasteiger partial charge in [0.05, 0.1) is 22.8 Å². The second-order valence-corrected chi connectivity index (χ2v) is 5.57. The molecule has 2 rings (SSSR count). The molecule has 1 aliphatic carbocycles. The van der Waals surface area contributed by atoms with Crippen molar-refractivity contribution in [3.63, 3.8) is 0 Å². The van der Waals surface area contributed by atoms with Crippen LogP contribution in [0.15, 0.2) is 16.9 Å². The van der Waals surface area contributed by atoms with E-state index in [1.165, 1.54) is 0 Å². The highest BCUT2D eigenvalue weighted by molar-refractivity contribution is 9.10. The zero-order valence-electron chi connectivity index (χ0n) is 9.99. The SMILES string of the molecule is CCCNC1(C#N)CCC(n2cc(Br)cn2)C1. The molecule has 1 aliphatic rings. The minimum atomic E-state index is -0.348. The third-order valence-corrected chi connectivity index (χ3v) is 3.77. The molecule has 1 aromatic rings. The average molecular weight is 297 g/mol. The topological polar surface area (TPSA) is 53.6 Å². The van der Waals surface area contributed by atoms with E-state index in [2.05, 4.69) is 39.3 Å². The Morgan fingerprint density at radius 3 is 3.18 bits per heavy atom. The summed E-state index contributed by atoms with van der Waals surface area (Å²) in [4.78, 5) is 0. The van der Waals surface area contributed by atoms with E-state index in [9.17, 15) is 5.26 Å². The molecule has 0 aliphatic heterocycles. The molecule has 17 heavy (non-hydrogen) atoms. The molecule has 92 valence electrons. The number of nitrogens with one attached hydrogen (secondary N) is 1. The van der Waals surface area contributed by atoms with E-state index < -0.39 is 0 Å².